The van der Waals surface area contributed by atoms with Gasteiger partial charge in [0.2, 0.25) is 5.91 Å². The van der Waals surface area contributed by atoms with Gasteiger partial charge in [-0.25, -0.2) is 4.39 Å². The fourth-order valence-corrected chi connectivity index (χ4v) is 4.23. The molecular weight excluding hydrogens is 547 g/mol. The first-order valence-electron chi connectivity index (χ1n) is 8.27. The summed E-state index contributed by atoms with van der Waals surface area (Å²) in [6.07, 6.45) is 1.45. The number of halogens is 3. The molecule has 1 fully saturated rings. The van der Waals surface area contributed by atoms with E-state index in [1.165, 1.54) is 37.5 Å². The number of anilines is 1. The number of carbonyl (C=O) groups is 3. The molecule has 0 aromatic heterocycles. The second-order valence-electron chi connectivity index (χ2n) is 5.97. The molecule has 0 spiro atoms. The van der Waals surface area contributed by atoms with E-state index in [0.29, 0.717) is 26.3 Å². The molecule has 0 radical (unpaired) electrons. The second kappa shape index (κ2) is 9.19. The van der Waals surface area contributed by atoms with Crippen molar-refractivity contribution in [3.05, 3.63) is 55.6 Å². The van der Waals surface area contributed by atoms with Crippen LogP contribution in [0.2, 0.25) is 0 Å². The number of methoxy groups -OCH3 is 1. The van der Waals surface area contributed by atoms with Gasteiger partial charge >= 0.3 is 0 Å². The highest BCUT2D eigenvalue weighted by Crippen LogP contribution is 2.43. The number of aromatic hydroxyl groups is 1. The van der Waals surface area contributed by atoms with Crippen LogP contribution in [0.4, 0.5) is 14.9 Å². The van der Waals surface area contributed by atoms with E-state index in [1.54, 1.807) is 0 Å². The molecule has 1 aliphatic rings. The molecule has 156 valence electrons. The molecule has 0 aliphatic carbocycles. The Morgan fingerprint density at radius 1 is 1.30 bits per heavy atom. The van der Waals surface area contributed by atoms with Crippen LogP contribution in [0.25, 0.3) is 6.08 Å². The van der Waals surface area contributed by atoms with Crippen molar-refractivity contribution < 1.29 is 28.6 Å². The van der Waals surface area contributed by atoms with Gasteiger partial charge in [0.25, 0.3) is 11.1 Å². The van der Waals surface area contributed by atoms with Gasteiger partial charge < -0.3 is 15.2 Å². The maximum Gasteiger partial charge on any atom is 0.294 e. The monoisotopic (exact) mass is 558 g/mol. The third-order valence-electron chi connectivity index (χ3n) is 3.96. The lowest BCUT2D eigenvalue weighted by atomic mass is 10.2. The molecule has 0 atom stereocenters. The van der Waals surface area contributed by atoms with Gasteiger partial charge in [-0.2, -0.15) is 0 Å². The number of amides is 3. The molecule has 2 N–H and O–H groups in total. The van der Waals surface area contributed by atoms with Gasteiger partial charge in [0.05, 0.1) is 16.5 Å². The Bertz CT molecular complexity index is 1090. The van der Waals surface area contributed by atoms with Gasteiger partial charge in [0.15, 0.2) is 11.5 Å². The van der Waals surface area contributed by atoms with Gasteiger partial charge in [0.1, 0.15) is 12.4 Å². The van der Waals surface area contributed by atoms with Crippen LogP contribution in [0, 0.1) is 5.82 Å². The molecule has 1 saturated heterocycles. The quantitative estimate of drug-likeness (QED) is 0.514. The molecule has 0 saturated carbocycles. The number of nitrogens with zero attached hydrogens (tertiary/aromatic N) is 1. The maximum absolute atomic E-state index is 13.2. The standard InChI is InChI=1S/C19H13Br2FN2O5S/c1-29-12-5-9(15(20)16(21)17(12)26)6-13-18(27)24(19(28)30-13)8-14(25)23-11-4-2-3-10(22)7-11/h2-7,26H,8H2,1H3,(H,23,25)/b13-6+. The zero-order valence-corrected chi connectivity index (χ0v) is 19.2. The summed E-state index contributed by atoms with van der Waals surface area (Å²) in [6.45, 7) is -0.512. The van der Waals surface area contributed by atoms with Crippen molar-refractivity contribution in [1.29, 1.82) is 0 Å². The Balaban J connectivity index is 1.79. The first-order chi connectivity index (χ1) is 14.2. The van der Waals surface area contributed by atoms with Gasteiger partial charge in [0, 0.05) is 10.2 Å². The molecular formula is C19H13Br2FN2O5S. The fraction of sp³-hybridized carbons (Fsp3) is 0.105. The summed E-state index contributed by atoms with van der Waals surface area (Å²) in [5.74, 6) is -1.76. The lowest BCUT2D eigenvalue weighted by Crippen LogP contribution is -2.36. The Kier molecular flexibility index (Phi) is 6.84. The van der Waals surface area contributed by atoms with E-state index in [2.05, 4.69) is 37.2 Å². The van der Waals surface area contributed by atoms with Gasteiger partial charge in [-0.1, -0.05) is 6.07 Å². The topological polar surface area (TPSA) is 95.9 Å². The molecule has 3 amide bonds. The average molecular weight is 560 g/mol. The van der Waals surface area contributed by atoms with Crippen LogP contribution >= 0.6 is 43.6 Å². The summed E-state index contributed by atoms with van der Waals surface area (Å²) in [7, 11) is 1.38. The molecule has 0 unspecified atom stereocenters. The minimum atomic E-state index is -0.644. The number of hydrogen-bond donors (Lipinski definition) is 2. The number of imide groups is 1. The summed E-state index contributed by atoms with van der Waals surface area (Å²) in [6, 6.07) is 6.76. The maximum atomic E-state index is 13.2. The minimum absolute atomic E-state index is 0.0962. The predicted molar refractivity (Wildman–Crippen MR) is 118 cm³/mol. The van der Waals surface area contributed by atoms with Gasteiger partial charge in [-0.15, -0.1) is 0 Å². The smallest absolute Gasteiger partial charge is 0.294 e. The molecule has 0 bridgehead atoms. The van der Waals surface area contributed by atoms with Crippen molar-refractivity contribution in [2.24, 2.45) is 0 Å². The highest BCUT2D eigenvalue weighted by Gasteiger charge is 2.36. The molecule has 1 aliphatic heterocycles. The minimum Gasteiger partial charge on any atom is -0.503 e. The summed E-state index contributed by atoms with van der Waals surface area (Å²) >= 11 is 7.22. The van der Waals surface area contributed by atoms with Crippen molar-refractivity contribution in [1.82, 2.24) is 4.90 Å². The summed E-state index contributed by atoms with van der Waals surface area (Å²) < 4.78 is 19.1. The second-order valence-corrected chi connectivity index (χ2v) is 8.55. The Morgan fingerprint density at radius 3 is 2.70 bits per heavy atom. The van der Waals surface area contributed by atoms with Gasteiger partial charge in [-0.3, -0.25) is 19.3 Å². The normalized spacial score (nSPS) is 15.1. The zero-order valence-electron chi connectivity index (χ0n) is 15.2. The number of hydrogen-bond acceptors (Lipinski definition) is 6. The van der Waals surface area contributed by atoms with Crippen LogP contribution in [-0.2, 0) is 9.59 Å². The number of phenols is 1. The van der Waals surface area contributed by atoms with Crippen LogP contribution in [0.1, 0.15) is 5.56 Å². The molecule has 7 nitrogen and oxygen atoms in total. The number of rotatable bonds is 5. The molecule has 3 rings (SSSR count). The van der Waals surface area contributed by atoms with E-state index in [-0.39, 0.29) is 22.1 Å². The highest BCUT2D eigenvalue weighted by atomic mass is 79.9. The van der Waals surface area contributed by atoms with Crippen molar-refractivity contribution in [2.75, 3.05) is 19.0 Å². The molecule has 11 heteroatoms. The van der Waals surface area contributed by atoms with Gasteiger partial charge in [-0.05, 0) is 79.5 Å². The Labute approximate surface area is 191 Å². The molecule has 30 heavy (non-hydrogen) atoms. The number of benzene rings is 2. The van der Waals surface area contributed by atoms with E-state index in [9.17, 15) is 23.9 Å². The first-order valence-corrected chi connectivity index (χ1v) is 10.7. The van der Waals surface area contributed by atoms with E-state index in [4.69, 9.17) is 4.74 Å². The third-order valence-corrected chi connectivity index (χ3v) is 7.03. The van der Waals surface area contributed by atoms with E-state index < -0.39 is 29.4 Å². The first kappa shape index (κ1) is 22.3. The van der Waals surface area contributed by atoms with E-state index in [1.807, 2.05) is 0 Å². The molecule has 2 aromatic carbocycles. The SMILES string of the molecule is COc1cc(/C=C2/SC(=O)N(CC(=O)Nc3cccc(F)c3)C2=O)c(Br)c(Br)c1O. The van der Waals surface area contributed by atoms with Crippen molar-refractivity contribution in [3.8, 4) is 11.5 Å². The highest BCUT2D eigenvalue weighted by molar-refractivity contribution is 9.13. The zero-order chi connectivity index (χ0) is 22.0. The molecule has 2 aromatic rings. The third kappa shape index (κ3) is 4.68. The molecule has 1 heterocycles. The van der Waals surface area contributed by atoms with Crippen molar-refractivity contribution in [3.63, 3.8) is 0 Å². The summed E-state index contributed by atoms with van der Waals surface area (Å²) in [4.78, 5) is 38.0. The number of nitrogens with one attached hydrogen (secondary N) is 1. The number of carbonyl (C=O) groups excluding carboxylic acids is 3. The number of phenolic OH excluding ortho intramolecular Hbond substituents is 1. The van der Waals surface area contributed by atoms with Crippen molar-refractivity contribution >= 4 is 72.4 Å². The summed E-state index contributed by atoms with van der Waals surface area (Å²) in [5.41, 5.74) is 0.693. The average Bonchev–Trinajstić information content (AvgIpc) is 2.95. The van der Waals surface area contributed by atoms with Crippen LogP contribution in [0.3, 0.4) is 0 Å². The Hall–Kier alpha value is -2.37. The lowest BCUT2D eigenvalue weighted by Gasteiger charge is -2.12. The largest absolute Gasteiger partial charge is 0.503 e. The predicted octanol–water partition coefficient (Wildman–Crippen LogP) is 4.74. The number of ether oxygens (including phenoxy) is 1. The lowest BCUT2D eigenvalue weighted by molar-refractivity contribution is -0.127. The van der Waals surface area contributed by atoms with E-state index in [0.717, 1.165) is 11.0 Å². The van der Waals surface area contributed by atoms with Crippen LogP contribution in [0.15, 0.2) is 44.2 Å². The van der Waals surface area contributed by atoms with Crippen LogP contribution in [-0.4, -0.2) is 40.7 Å². The van der Waals surface area contributed by atoms with Crippen LogP contribution < -0.4 is 10.1 Å². The fourth-order valence-electron chi connectivity index (χ4n) is 2.56. The van der Waals surface area contributed by atoms with E-state index >= 15 is 0 Å². The summed E-state index contributed by atoms with van der Waals surface area (Å²) in [5, 5.41) is 11.8. The Morgan fingerprint density at radius 2 is 2.03 bits per heavy atom. The van der Waals surface area contributed by atoms with Crippen molar-refractivity contribution in [2.45, 2.75) is 0 Å². The number of thioether (sulfide) groups is 1. The van der Waals surface area contributed by atoms with Crippen LogP contribution in [0.5, 0.6) is 11.5 Å².